The molecule has 1 aliphatic rings. The number of nitrogens with one attached hydrogen (secondary N) is 1. The number of piperidine rings is 1. The van der Waals surface area contributed by atoms with Gasteiger partial charge in [-0.1, -0.05) is 30.3 Å². The fourth-order valence-electron chi connectivity index (χ4n) is 3.31. The highest BCUT2D eigenvalue weighted by atomic mass is 16.4. The molecule has 0 radical (unpaired) electrons. The van der Waals surface area contributed by atoms with Gasteiger partial charge in [0.1, 0.15) is 12.1 Å². The fourth-order valence-corrected chi connectivity index (χ4v) is 3.31. The zero-order valence-corrected chi connectivity index (χ0v) is 14.9. The molecule has 1 unspecified atom stereocenters. The van der Waals surface area contributed by atoms with Crippen LogP contribution in [0.1, 0.15) is 38.2 Å². The molecule has 0 saturated carbocycles. The molecular weight excluding hydrogens is 336 g/mol. The van der Waals surface area contributed by atoms with Crippen LogP contribution in [0, 0.1) is 0 Å². The topological polar surface area (TPSA) is 107 Å². The van der Waals surface area contributed by atoms with E-state index < -0.39 is 30.1 Å². The average Bonchev–Trinajstić information content (AvgIpc) is 2.64. The average molecular weight is 362 g/mol. The molecular formula is C19H26N2O5. The van der Waals surface area contributed by atoms with E-state index in [2.05, 4.69) is 5.32 Å². The number of amides is 1. The highest BCUT2D eigenvalue weighted by Gasteiger charge is 2.35. The zero-order valence-electron chi connectivity index (χ0n) is 14.9. The second kappa shape index (κ2) is 9.33. The summed E-state index contributed by atoms with van der Waals surface area (Å²) in [4.78, 5) is 36.9. The molecule has 1 amide bonds. The first kappa shape index (κ1) is 19.9. The fraction of sp³-hybridized carbons (Fsp3) is 0.526. The van der Waals surface area contributed by atoms with Gasteiger partial charge < -0.3 is 15.1 Å². The van der Waals surface area contributed by atoms with E-state index in [1.807, 2.05) is 30.3 Å². The van der Waals surface area contributed by atoms with Crippen molar-refractivity contribution in [2.75, 3.05) is 6.54 Å². The predicted molar refractivity (Wildman–Crippen MR) is 95.8 cm³/mol. The molecule has 142 valence electrons. The summed E-state index contributed by atoms with van der Waals surface area (Å²) in [6.45, 7) is 1.98. The van der Waals surface area contributed by atoms with Gasteiger partial charge in [-0.25, -0.2) is 4.79 Å². The number of carbonyl (C=O) groups excluding carboxylic acids is 1. The Morgan fingerprint density at radius 2 is 1.88 bits per heavy atom. The quantitative estimate of drug-likeness (QED) is 0.647. The van der Waals surface area contributed by atoms with Gasteiger partial charge in [-0.15, -0.1) is 0 Å². The van der Waals surface area contributed by atoms with Crippen LogP contribution in [0.3, 0.4) is 0 Å². The highest BCUT2D eigenvalue weighted by Crippen LogP contribution is 2.18. The maximum absolute atomic E-state index is 12.7. The van der Waals surface area contributed by atoms with Gasteiger partial charge in [0.2, 0.25) is 5.91 Å². The van der Waals surface area contributed by atoms with Gasteiger partial charge in [-0.2, -0.15) is 0 Å². The summed E-state index contributed by atoms with van der Waals surface area (Å²) in [5, 5.41) is 21.6. The minimum Gasteiger partial charge on any atom is -0.480 e. The van der Waals surface area contributed by atoms with Gasteiger partial charge in [0, 0.05) is 6.54 Å². The van der Waals surface area contributed by atoms with Gasteiger partial charge in [0.05, 0.1) is 6.04 Å². The van der Waals surface area contributed by atoms with Crippen molar-refractivity contribution in [1.29, 1.82) is 0 Å². The Hall–Kier alpha value is -2.41. The number of hydrogen-bond donors (Lipinski definition) is 3. The van der Waals surface area contributed by atoms with Gasteiger partial charge >= 0.3 is 11.9 Å². The van der Waals surface area contributed by atoms with Gasteiger partial charge in [0.15, 0.2) is 0 Å². The van der Waals surface area contributed by atoms with Gasteiger partial charge in [-0.3, -0.25) is 14.9 Å². The zero-order chi connectivity index (χ0) is 19.1. The second-order valence-electron chi connectivity index (χ2n) is 6.68. The minimum atomic E-state index is -1.02. The Morgan fingerprint density at radius 1 is 1.19 bits per heavy atom. The van der Waals surface area contributed by atoms with E-state index in [1.54, 1.807) is 6.92 Å². The summed E-state index contributed by atoms with van der Waals surface area (Å²) in [5.41, 5.74) is 1.03. The van der Waals surface area contributed by atoms with Crippen molar-refractivity contribution in [3.63, 3.8) is 0 Å². The van der Waals surface area contributed by atoms with Crippen LogP contribution < -0.4 is 5.32 Å². The van der Waals surface area contributed by atoms with Crippen molar-refractivity contribution in [1.82, 2.24) is 10.2 Å². The number of likely N-dealkylation sites (tertiary alicyclic amines) is 1. The Kier molecular flexibility index (Phi) is 7.15. The number of benzene rings is 1. The molecule has 1 fully saturated rings. The number of rotatable bonds is 8. The third kappa shape index (κ3) is 5.29. The molecule has 1 aromatic rings. The summed E-state index contributed by atoms with van der Waals surface area (Å²) >= 11 is 0. The lowest BCUT2D eigenvalue weighted by atomic mass is 10.0. The first-order valence-electron chi connectivity index (χ1n) is 8.96. The second-order valence-corrected chi connectivity index (χ2v) is 6.68. The maximum Gasteiger partial charge on any atom is 0.326 e. The molecule has 0 aromatic heterocycles. The number of carboxylic acids is 2. The Labute approximate surface area is 153 Å². The van der Waals surface area contributed by atoms with Crippen LogP contribution in [-0.2, 0) is 20.8 Å². The normalized spacial score (nSPS) is 19.6. The van der Waals surface area contributed by atoms with E-state index in [9.17, 15) is 24.6 Å². The van der Waals surface area contributed by atoms with Gasteiger partial charge in [0.25, 0.3) is 0 Å². The molecule has 0 bridgehead atoms. The SMILES string of the molecule is C[C@H](NC(CCc1ccccc1)C(=O)O)C(=O)N1CCCC[C@H]1C(=O)O. The van der Waals surface area contributed by atoms with Crippen molar-refractivity contribution in [3.05, 3.63) is 35.9 Å². The van der Waals surface area contributed by atoms with Crippen molar-refractivity contribution in [2.24, 2.45) is 0 Å². The standard InChI is InChI=1S/C19H26N2O5/c1-13(17(22)21-12-6-5-9-16(21)19(25)26)20-15(18(23)24)11-10-14-7-3-2-4-8-14/h2-4,7-8,13,15-16,20H,5-6,9-12H2,1H3,(H,23,24)(H,25,26)/t13-,15?,16-/m0/s1. The molecule has 2 rings (SSSR count). The van der Waals surface area contributed by atoms with Crippen molar-refractivity contribution in [2.45, 2.75) is 57.2 Å². The van der Waals surface area contributed by atoms with Crippen LogP contribution in [0.4, 0.5) is 0 Å². The molecule has 1 aromatic carbocycles. The third-order valence-corrected chi connectivity index (χ3v) is 4.76. The van der Waals surface area contributed by atoms with Crippen LogP contribution in [-0.4, -0.2) is 57.6 Å². The summed E-state index contributed by atoms with van der Waals surface area (Å²) in [6.07, 6.45) is 2.90. The van der Waals surface area contributed by atoms with Crippen molar-refractivity contribution in [3.8, 4) is 0 Å². The van der Waals surface area contributed by atoms with E-state index in [0.29, 0.717) is 25.8 Å². The Morgan fingerprint density at radius 3 is 2.50 bits per heavy atom. The molecule has 1 aliphatic heterocycles. The molecule has 0 spiro atoms. The smallest absolute Gasteiger partial charge is 0.326 e. The van der Waals surface area contributed by atoms with Crippen molar-refractivity contribution < 1.29 is 24.6 Å². The number of hydrogen-bond acceptors (Lipinski definition) is 4. The molecule has 0 aliphatic carbocycles. The molecule has 3 N–H and O–H groups in total. The van der Waals surface area contributed by atoms with E-state index in [0.717, 1.165) is 18.4 Å². The summed E-state index contributed by atoms with van der Waals surface area (Å²) < 4.78 is 0. The van der Waals surface area contributed by atoms with Crippen LogP contribution >= 0.6 is 0 Å². The van der Waals surface area contributed by atoms with Crippen LogP contribution in [0.5, 0.6) is 0 Å². The van der Waals surface area contributed by atoms with E-state index in [4.69, 9.17) is 0 Å². The molecule has 3 atom stereocenters. The lowest BCUT2D eigenvalue weighted by Crippen LogP contribution is -2.56. The summed E-state index contributed by atoms with van der Waals surface area (Å²) in [6, 6.07) is 7.09. The molecule has 1 saturated heterocycles. The Bertz CT molecular complexity index is 634. The summed E-state index contributed by atoms with van der Waals surface area (Å²) in [5.74, 6) is -2.39. The van der Waals surface area contributed by atoms with Crippen LogP contribution in [0.2, 0.25) is 0 Å². The maximum atomic E-state index is 12.7. The number of carboxylic acid groups (broad SMARTS) is 2. The predicted octanol–water partition coefficient (Wildman–Crippen LogP) is 1.52. The van der Waals surface area contributed by atoms with E-state index >= 15 is 0 Å². The molecule has 1 heterocycles. The largest absolute Gasteiger partial charge is 0.480 e. The molecule has 7 heteroatoms. The van der Waals surface area contributed by atoms with E-state index in [-0.39, 0.29) is 5.91 Å². The first-order chi connectivity index (χ1) is 12.4. The molecule has 26 heavy (non-hydrogen) atoms. The van der Waals surface area contributed by atoms with Crippen LogP contribution in [0.25, 0.3) is 0 Å². The summed E-state index contributed by atoms with van der Waals surface area (Å²) in [7, 11) is 0. The molecule has 7 nitrogen and oxygen atoms in total. The van der Waals surface area contributed by atoms with Crippen molar-refractivity contribution >= 4 is 17.8 Å². The minimum absolute atomic E-state index is 0.347. The number of nitrogens with zero attached hydrogens (tertiary/aromatic N) is 1. The Balaban J connectivity index is 1.97. The number of carbonyl (C=O) groups is 3. The lowest BCUT2D eigenvalue weighted by Gasteiger charge is -2.35. The van der Waals surface area contributed by atoms with Gasteiger partial charge in [-0.05, 0) is 44.6 Å². The number of aryl methyl sites for hydroxylation is 1. The van der Waals surface area contributed by atoms with E-state index in [1.165, 1.54) is 4.90 Å². The number of aliphatic carboxylic acids is 2. The monoisotopic (exact) mass is 362 g/mol. The van der Waals surface area contributed by atoms with Crippen LogP contribution in [0.15, 0.2) is 30.3 Å². The third-order valence-electron chi connectivity index (χ3n) is 4.76. The first-order valence-corrected chi connectivity index (χ1v) is 8.96. The highest BCUT2D eigenvalue weighted by molar-refractivity contribution is 5.87. The lowest BCUT2D eigenvalue weighted by molar-refractivity contribution is -0.153.